The number of halogens is 3. The number of methoxy groups -OCH3 is 1. The molecule has 1 atom stereocenters. The molecule has 194 valence electrons. The number of imidazole rings is 1. The van der Waals surface area contributed by atoms with Gasteiger partial charge in [-0.15, -0.1) is 13.2 Å². The van der Waals surface area contributed by atoms with Gasteiger partial charge in [0.25, 0.3) is 5.91 Å². The third-order valence-electron chi connectivity index (χ3n) is 5.33. The second kappa shape index (κ2) is 10.9. The van der Waals surface area contributed by atoms with E-state index in [9.17, 15) is 22.8 Å². The minimum absolute atomic E-state index is 0.103. The number of anilines is 1. The number of thioether (sulfide) groups is 1. The van der Waals surface area contributed by atoms with E-state index in [1.165, 1.54) is 42.8 Å². The maximum Gasteiger partial charge on any atom is 0.573 e. The Bertz CT molecular complexity index is 1300. The molecule has 1 aliphatic heterocycles. The Morgan fingerprint density at radius 1 is 1.19 bits per heavy atom. The van der Waals surface area contributed by atoms with Gasteiger partial charge < -0.3 is 19.8 Å². The lowest BCUT2D eigenvalue weighted by Gasteiger charge is -2.28. The number of hydrazone groups is 1. The molecule has 0 spiro atoms. The number of carbonyl (C=O) groups excluding carboxylic acids is 2. The number of H-pyrrole nitrogens is 1. The molecule has 0 fully saturated rings. The summed E-state index contributed by atoms with van der Waals surface area (Å²) in [6, 6.07) is 11.0. The van der Waals surface area contributed by atoms with Gasteiger partial charge in [-0.2, -0.15) is 5.10 Å². The lowest BCUT2D eigenvalue weighted by atomic mass is 10.0. The smallest absolute Gasteiger partial charge is 0.493 e. The molecule has 2 heterocycles. The molecule has 1 aliphatic rings. The normalized spacial score (nSPS) is 15.8. The number of aromatic amines is 1. The van der Waals surface area contributed by atoms with Gasteiger partial charge in [-0.3, -0.25) is 9.59 Å². The summed E-state index contributed by atoms with van der Waals surface area (Å²) >= 11 is 1.09. The number of amides is 2. The van der Waals surface area contributed by atoms with Crippen molar-refractivity contribution in [1.29, 1.82) is 0 Å². The quantitative estimate of drug-likeness (QED) is 0.400. The molecule has 0 radical (unpaired) electrons. The standard InChI is InChI=1S/C24H22F3N5O4S/c1-3-20-21(15-6-9-18(19(10-15)35-2)36-24(25,26)27)31-32(23(34)37-20)12-14-4-7-16(8-5-14)30-22(33)17-11-28-13-29-17/h4-11,13,20H,3,12H2,1-2H3,(H,28,29)(H,30,33). The molecular weight excluding hydrogens is 511 g/mol. The van der Waals surface area contributed by atoms with Crippen LogP contribution in [0.1, 0.15) is 35.0 Å². The largest absolute Gasteiger partial charge is 0.573 e. The number of aromatic nitrogens is 2. The van der Waals surface area contributed by atoms with Crippen molar-refractivity contribution in [3.05, 3.63) is 71.8 Å². The van der Waals surface area contributed by atoms with Crippen molar-refractivity contribution in [2.75, 3.05) is 12.4 Å². The Balaban J connectivity index is 1.53. The van der Waals surface area contributed by atoms with Crippen molar-refractivity contribution in [2.24, 2.45) is 5.10 Å². The number of nitrogens with zero attached hydrogens (tertiary/aromatic N) is 3. The number of benzene rings is 2. The van der Waals surface area contributed by atoms with Crippen LogP contribution >= 0.6 is 11.8 Å². The van der Waals surface area contributed by atoms with Crippen LogP contribution in [0.5, 0.6) is 11.5 Å². The monoisotopic (exact) mass is 533 g/mol. The summed E-state index contributed by atoms with van der Waals surface area (Å²) in [7, 11) is 1.24. The van der Waals surface area contributed by atoms with Gasteiger partial charge in [-0.05, 0) is 42.3 Å². The van der Waals surface area contributed by atoms with Gasteiger partial charge in [-0.1, -0.05) is 30.8 Å². The van der Waals surface area contributed by atoms with E-state index in [-0.39, 0.29) is 28.7 Å². The summed E-state index contributed by atoms with van der Waals surface area (Å²) in [6.07, 6.45) is -1.46. The van der Waals surface area contributed by atoms with Crippen molar-refractivity contribution in [2.45, 2.75) is 31.5 Å². The molecule has 2 aromatic carbocycles. The maximum absolute atomic E-state index is 12.8. The lowest BCUT2D eigenvalue weighted by Crippen LogP contribution is -2.34. The summed E-state index contributed by atoms with van der Waals surface area (Å²) in [5.41, 5.74) is 2.69. The molecule has 1 aromatic heterocycles. The first-order valence-corrected chi connectivity index (χ1v) is 11.9. The first-order valence-electron chi connectivity index (χ1n) is 11.1. The highest BCUT2D eigenvalue weighted by molar-refractivity contribution is 8.14. The summed E-state index contributed by atoms with van der Waals surface area (Å²) in [5.74, 6) is -0.910. The minimum atomic E-state index is -4.86. The second-order valence-corrected chi connectivity index (χ2v) is 9.01. The molecule has 4 rings (SSSR count). The van der Waals surface area contributed by atoms with E-state index in [0.717, 1.165) is 17.3 Å². The summed E-state index contributed by atoms with van der Waals surface area (Å²) < 4.78 is 47.2. The van der Waals surface area contributed by atoms with Crippen LogP contribution in [-0.2, 0) is 6.54 Å². The molecule has 0 saturated carbocycles. The van der Waals surface area contributed by atoms with Crippen LogP contribution in [0.15, 0.2) is 60.1 Å². The number of carbonyl (C=O) groups is 2. The number of hydrogen-bond donors (Lipinski definition) is 2. The molecule has 0 bridgehead atoms. The highest BCUT2D eigenvalue weighted by Gasteiger charge is 2.34. The van der Waals surface area contributed by atoms with E-state index in [1.54, 1.807) is 24.3 Å². The molecule has 9 nitrogen and oxygen atoms in total. The summed E-state index contributed by atoms with van der Waals surface area (Å²) in [4.78, 5) is 31.5. The Morgan fingerprint density at radius 3 is 2.57 bits per heavy atom. The molecule has 3 aromatic rings. The van der Waals surface area contributed by atoms with Crippen molar-refractivity contribution >= 4 is 34.3 Å². The molecule has 0 aliphatic carbocycles. The third-order valence-corrected chi connectivity index (χ3v) is 6.58. The van der Waals surface area contributed by atoms with Crippen LogP contribution in [0.2, 0.25) is 0 Å². The van der Waals surface area contributed by atoms with Crippen molar-refractivity contribution in [3.8, 4) is 11.5 Å². The van der Waals surface area contributed by atoms with Gasteiger partial charge in [0.05, 0.1) is 37.1 Å². The molecular formula is C24H22F3N5O4S. The summed E-state index contributed by atoms with van der Waals surface area (Å²) in [5, 5.41) is 8.05. The Kier molecular flexibility index (Phi) is 7.71. The predicted octanol–water partition coefficient (Wildman–Crippen LogP) is 5.42. The molecule has 37 heavy (non-hydrogen) atoms. The van der Waals surface area contributed by atoms with E-state index < -0.39 is 12.1 Å². The molecule has 2 N–H and O–H groups in total. The van der Waals surface area contributed by atoms with Crippen LogP contribution < -0.4 is 14.8 Å². The van der Waals surface area contributed by atoms with E-state index >= 15 is 0 Å². The fraction of sp³-hybridized carbons (Fsp3) is 0.250. The molecule has 13 heteroatoms. The van der Waals surface area contributed by atoms with Crippen molar-refractivity contribution in [1.82, 2.24) is 15.0 Å². The van der Waals surface area contributed by atoms with Gasteiger partial charge in [-0.25, -0.2) is 9.99 Å². The number of nitrogens with one attached hydrogen (secondary N) is 2. The first kappa shape index (κ1) is 26.1. The molecule has 1 unspecified atom stereocenters. The second-order valence-electron chi connectivity index (χ2n) is 7.85. The Labute approximate surface area is 214 Å². The zero-order chi connectivity index (χ0) is 26.6. The lowest BCUT2D eigenvalue weighted by molar-refractivity contribution is -0.275. The van der Waals surface area contributed by atoms with Crippen LogP contribution in [0, 0.1) is 0 Å². The molecule has 2 amide bonds. The van der Waals surface area contributed by atoms with Crippen molar-refractivity contribution < 1.29 is 32.2 Å². The van der Waals surface area contributed by atoms with Crippen LogP contribution in [0.25, 0.3) is 0 Å². The highest BCUT2D eigenvalue weighted by Crippen LogP contribution is 2.36. The topological polar surface area (TPSA) is 109 Å². The third kappa shape index (κ3) is 6.42. The fourth-order valence-corrected chi connectivity index (χ4v) is 4.51. The van der Waals surface area contributed by atoms with Gasteiger partial charge >= 0.3 is 11.6 Å². The SMILES string of the molecule is CCC1SC(=O)N(Cc2ccc(NC(=O)c3cnc[nH]3)cc2)N=C1c1ccc(OC(F)(F)F)c(OC)c1. The maximum atomic E-state index is 12.8. The fourth-order valence-electron chi connectivity index (χ4n) is 3.57. The number of hydrogen-bond acceptors (Lipinski definition) is 7. The van der Waals surface area contributed by atoms with Gasteiger partial charge in [0, 0.05) is 11.3 Å². The van der Waals surface area contributed by atoms with Crippen LogP contribution in [0.4, 0.5) is 23.7 Å². The van der Waals surface area contributed by atoms with E-state index in [0.29, 0.717) is 29.1 Å². The van der Waals surface area contributed by atoms with Crippen LogP contribution in [0.3, 0.4) is 0 Å². The van der Waals surface area contributed by atoms with E-state index in [1.807, 2.05) is 6.92 Å². The molecule has 0 saturated heterocycles. The average Bonchev–Trinajstić information content (AvgIpc) is 3.41. The average molecular weight is 534 g/mol. The van der Waals surface area contributed by atoms with Gasteiger partial charge in [0.15, 0.2) is 11.5 Å². The minimum Gasteiger partial charge on any atom is -0.493 e. The predicted molar refractivity (Wildman–Crippen MR) is 132 cm³/mol. The zero-order valence-corrected chi connectivity index (χ0v) is 20.5. The highest BCUT2D eigenvalue weighted by atomic mass is 32.2. The summed E-state index contributed by atoms with van der Waals surface area (Å²) in [6.45, 7) is 2.05. The van der Waals surface area contributed by atoms with Crippen LogP contribution in [-0.4, -0.2) is 50.6 Å². The Morgan fingerprint density at radius 2 is 1.95 bits per heavy atom. The Hall–Kier alpha value is -4.00. The number of alkyl halides is 3. The van der Waals surface area contributed by atoms with E-state index in [4.69, 9.17) is 4.74 Å². The van der Waals surface area contributed by atoms with Gasteiger partial charge in [0.1, 0.15) is 5.69 Å². The number of ether oxygens (including phenoxy) is 2. The van der Waals surface area contributed by atoms with Gasteiger partial charge in [0.2, 0.25) is 0 Å². The van der Waals surface area contributed by atoms with E-state index in [2.05, 4.69) is 25.1 Å². The zero-order valence-electron chi connectivity index (χ0n) is 19.7. The number of rotatable bonds is 8. The van der Waals surface area contributed by atoms with Crippen molar-refractivity contribution in [3.63, 3.8) is 0 Å². The first-order chi connectivity index (χ1) is 17.7.